The van der Waals surface area contributed by atoms with Crippen molar-refractivity contribution in [3.8, 4) is 0 Å². The van der Waals surface area contributed by atoms with E-state index in [1.54, 1.807) is 6.20 Å². The largest absolute Gasteiger partial charge is 0.349 e. The Hall–Kier alpha value is -2.28. The van der Waals surface area contributed by atoms with Crippen molar-refractivity contribution in [1.29, 1.82) is 0 Å². The number of Topliss-reactive ketones (excluding diaryl/α,β-unsaturated/α-hetero) is 1. The van der Waals surface area contributed by atoms with Crippen LogP contribution in [0.2, 0.25) is 0 Å². The standard InChI is InChI=1S/C18H24N4O.C8H17N.C8H14O/c1-18(2)8-4-3-5-14(18)22-17(23)12-9-19-16-15(12)21-13(10-20-16)11-6-7-11;2*1-8(2)6-4-3-5-7(8)9/h9-11,14H,3-8H2,1-2H3,(H,19,20)(H,22,23);7H,3-6,9H2,1-2H3;3-6H2,1-2H3. The summed E-state index contributed by atoms with van der Waals surface area (Å²) in [6.45, 7) is 13.1. The fourth-order valence-electron chi connectivity index (χ4n) is 6.50. The first-order valence-corrected chi connectivity index (χ1v) is 16.2. The quantitative estimate of drug-likeness (QED) is 0.354. The van der Waals surface area contributed by atoms with Crippen LogP contribution in [-0.2, 0) is 4.79 Å². The average molecular weight is 566 g/mol. The number of nitrogens with two attached hydrogens (primary N) is 1. The highest BCUT2D eigenvalue weighted by molar-refractivity contribution is 6.04. The minimum absolute atomic E-state index is 0.00174. The Morgan fingerprint density at radius 1 is 0.902 bits per heavy atom. The number of ketones is 1. The first-order valence-electron chi connectivity index (χ1n) is 16.2. The fourth-order valence-corrected chi connectivity index (χ4v) is 6.50. The molecular formula is C34H55N5O2. The van der Waals surface area contributed by atoms with E-state index in [0.29, 0.717) is 39.9 Å². The molecule has 6 rings (SSSR count). The zero-order chi connectivity index (χ0) is 29.8. The van der Waals surface area contributed by atoms with Gasteiger partial charge in [-0.15, -0.1) is 0 Å². The van der Waals surface area contributed by atoms with E-state index >= 15 is 0 Å². The van der Waals surface area contributed by atoms with Crippen molar-refractivity contribution in [3.63, 3.8) is 0 Å². The number of carbonyl (C=O) groups is 2. The van der Waals surface area contributed by atoms with Crippen LogP contribution in [0.1, 0.15) is 153 Å². The van der Waals surface area contributed by atoms with Crippen LogP contribution in [-0.4, -0.2) is 38.7 Å². The molecule has 7 heteroatoms. The van der Waals surface area contributed by atoms with Gasteiger partial charge >= 0.3 is 0 Å². The summed E-state index contributed by atoms with van der Waals surface area (Å²) < 4.78 is 0. The van der Waals surface area contributed by atoms with Crippen LogP contribution in [0.4, 0.5) is 0 Å². The van der Waals surface area contributed by atoms with Crippen molar-refractivity contribution in [2.45, 2.75) is 149 Å². The third-order valence-corrected chi connectivity index (χ3v) is 10.3. The molecule has 41 heavy (non-hydrogen) atoms. The van der Waals surface area contributed by atoms with Gasteiger partial charge < -0.3 is 16.0 Å². The van der Waals surface area contributed by atoms with Crippen molar-refractivity contribution >= 4 is 22.9 Å². The predicted octanol–water partition coefficient (Wildman–Crippen LogP) is 7.60. The number of hydrogen-bond donors (Lipinski definition) is 3. The molecule has 0 aliphatic heterocycles. The lowest BCUT2D eigenvalue weighted by atomic mass is 9.73. The van der Waals surface area contributed by atoms with Gasteiger partial charge in [0.05, 0.1) is 17.5 Å². The van der Waals surface area contributed by atoms with Crippen molar-refractivity contribution in [1.82, 2.24) is 20.3 Å². The molecule has 4 fully saturated rings. The highest BCUT2D eigenvalue weighted by Crippen LogP contribution is 2.39. The molecule has 228 valence electrons. The molecule has 0 aromatic carbocycles. The van der Waals surface area contributed by atoms with Gasteiger partial charge in [0.1, 0.15) is 11.3 Å². The normalized spacial score (nSPS) is 26.7. The van der Waals surface area contributed by atoms with Crippen LogP contribution < -0.4 is 11.1 Å². The van der Waals surface area contributed by atoms with E-state index in [0.717, 1.165) is 37.8 Å². The topological polar surface area (TPSA) is 114 Å². The van der Waals surface area contributed by atoms with E-state index in [9.17, 15) is 9.59 Å². The molecule has 1 amide bonds. The molecule has 2 atom stereocenters. The van der Waals surface area contributed by atoms with Gasteiger partial charge in [-0.25, -0.2) is 9.97 Å². The van der Waals surface area contributed by atoms with Gasteiger partial charge in [0.2, 0.25) is 0 Å². The summed E-state index contributed by atoms with van der Waals surface area (Å²) in [4.78, 5) is 36.1. The van der Waals surface area contributed by atoms with E-state index in [4.69, 9.17) is 10.7 Å². The van der Waals surface area contributed by atoms with Gasteiger partial charge in [0.25, 0.3) is 5.91 Å². The van der Waals surface area contributed by atoms with E-state index < -0.39 is 0 Å². The molecule has 4 saturated carbocycles. The number of H-pyrrole nitrogens is 1. The Kier molecular flexibility index (Phi) is 9.98. The van der Waals surface area contributed by atoms with Crippen LogP contribution >= 0.6 is 0 Å². The maximum atomic E-state index is 12.8. The number of hydrogen-bond acceptors (Lipinski definition) is 5. The molecule has 0 radical (unpaired) electrons. The monoisotopic (exact) mass is 565 g/mol. The number of amides is 1. The summed E-state index contributed by atoms with van der Waals surface area (Å²) in [5, 5.41) is 3.24. The molecule has 0 saturated heterocycles. The lowest BCUT2D eigenvalue weighted by Gasteiger charge is -2.39. The van der Waals surface area contributed by atoms with Gasteiger partial charge in [-0.3, -0.25) is 9.59 Å². The molecule has 2 aromatic heterocycles. The lowest BCUT2D eigenvalue weighted by molar-refractivity contribution is -0.129. The summed E-state index contributed by atoms with van der Waals surface area (Å²) >= 11 is 0. The maximum Gasteiger partial charge on any atom is 0.255 e. The zero-order valence-corrected chi connectivity index (χ0v) is 26.6. The second-order valence-electron chi connectivity index (χ2n) is 15.1. The van der Waals surface area contributed by atoms with E-state index in [1.807, 2.05) is 6.20 Å². The second kappa shape index (κ2) is 12.9. The minimum Gasteiger partial charge on any atom is -0.349 e. The van der Waals surface area contributed by atoms with Crippen molar-refractivity contribution < 1.29 is 9.59 Å². The minimum atomic E-state index is -0.0292. The molecule has 2 unspecified atom stereocenters. The second-order valence-corrected chi connectivity index (χ2v) is 15.1. The molecule has 7 nitrogen and oxygen atoms in total. The Balaban J connectivity index is 0.000000177. The van der Waals surface area contributed by atoms with Crippen LogP contribution in [0.15, 0.2) is 12.4 Å². The van der Waals surface area contributed by atoms with Gasteiger partial charge in [-0.2, -0.15) is 0 Å². The molecular weight excluding hydrogens is 510 g/mol. The number of nitrogens with zero attached hydrogens (tertiary/aromatic N) is 2. The lowest BCUT2D eigenvalue weighted by Crippen LogP contribution is -2.46. The molecule has 4 aliphatic rings. The van der Waals surface area contributed by atoms with Crippen molar-refractivity contribution in [3.05, 3.63) is 23.7 Å². The molecule has 2 heterocycles. The van der Waals surface area contributed by atoms with Crippen LogP contribution in [0.25, 0.3) is 11.2 Å². The van der Waals surface area contributed by atoms with E-state index in [1.165, 1.54) is 57.8 Å². The summed E-state index contributed by atoms with van der Waals surface area (Å²) in [6.07, 6.45) is 20.1. The fraction of sp³-hybridized carbons (Fsp3) is 0.765. The van der Waals surface area contributed by atoms with Crippen molar-refractivity contribution in [2.75, 3.05) is 0 Å². The summed E-state index contributed by atoms with van der Waals surface area (Å²) in [5.41, 5.74) is 9.53. The number of carbonyl (C=O) groups excluding carboxylic acids is 2. The van der Waals surface area contributed by atoms with Gasteiger partial charge in [-0.05, 0) is 62.2 Å². The Morgan fingerprint density at radius 2 is 1.56 bits per heavy atom. The summed E-state index contributed by atoms with van der Waals surface area (Å²) in [7, 11) is 0. The number of nitrogens with one attached hydrogen (secondary N) is 2. The van der Waals surface area contributed by atoms with E-state index in [-0.39, 0.29) is 22.8 Å². The van der Waals surface area contributed by atoms with Gasteiger partial charge in [0, 0.05) is 36.0 Å². The average Bonchev–Trinajstić information content (AvgIpc) is 3.68. The summed E-state index contributed by atoms with van der Waals surface area (Å²) in [5.74, 6) is 0.960. The summed E-state index contributed by atoms with van der Waals surface area (Å²) in [6, 6.07) is 0.680. The highest BCUT2D eigenvalue weighted by atomic mass is 16.1. The number of aromatic nitrogens is 3. The maximum absolute atomic E-state index is 12.8. The molecule has 0 bridgehead atoms. The first-order chi connectivity index (χ1) is 19.3. The van der Waals surface area contributed by atoms with Crippen LogP contribution in [0.5, 0.6) is 0 Å². The number of fused-ring (bicyclic) bond motifs is 1. The zero-order valence-electron chi connectivity index (χ0n) is 26.6. The third-order valence-electron chi connectivity index (χ3n) is 10.3. The Labute approximate surface area is 247 Å². The highest BCUT2D eigenvalue weighted by Gasteiger charge is 2.34. The first kappa shape index (κ1) is 31.7. The smallest absolute Gasteiger partial charge is 0.255 e. The van der Waals surface area contributed by atoms with Gasteiger partial charge in [-0.1, -0.05) is 73.6 Å². The molecule has 2 aromatic rings. The number of aromatic amines is 1. The third kappa shape index (κ3) is 8.18. The molecule has 0 spiro atoms. The number of rotatable bonds is 3. The van der Waals surface area contributed by atoms with Gasteiger partial charge in [0.15, 0.2) is 5.65 Å². The van der Waals surface area contributed by atoms with Crippen molar-refractivity contribution in [2.24, 2.45) is 22.0 Å². The van der Waals surface area contributed by atoms with Crippen LogP contribution in [0.3, 0.4) is 0 Å². The SMILES string of the molecule is CC1(C)CCCCC1=O.CC1(C)CCCCC1N.CC1(C)CCCCC1NC(=O)c1c[nH]c2ncc(C3CC3)nc12. The Bertz CT molecular complexity index is 1190. The van der Waals surface area contributed by atoms with Crippen LogP contribution in [0, 0.1) is 16.2 Å². The molecule has 4 N–H and O–H groups in total. The predicted molar refractivity (Wildman–Crippen MR) is 167 cm³/mol. The molecule has 4 aliphatic carbocycles. The Morgan fingerprint density at radius 3 is 2.10 bits per heavy atom. The van der Waals surface area contributed by atoms with E-state index in [2.05, 4.69) is 56.8 Å².